The van der Waals surface area contributed by atoms with Gasteiger partial charge in [-0.15, -0.1) is 4.31 Å². The summed E-state index contributed by atoms with van der Waals surface area (Å²) in [6, 6.07) is 9.04. The fraction of sp³-hybridized carbons (Fsp3) is 0.588. The van der Waals surface area contributed by atoms with Gasteiger partial charge in [0.1, 0.15) is 16.9 Å². The number of hydrogen-bond donors (Lipinski definition) is 0. The van der Waals surface area contributed by atoms with Crippen LogP contribution in [-0.4, -0.2) is 38.3 Å². The molecule has 136 valence electrons. The van der Waals surface area contributed by atoms with Crippen LogP contribution in [0.25, 0.3) is 10.4 Å². The Hall–Kier alpha value is -1.73. The maximum Gasteiger partial charge on any atom is 0.315 e. The minimum atomic E-state index is -1.24. The Bertz CT molecular complexity index is 629. The number of nitrogens with zero attached hydrogens (tertiary/aromatic N) is 4. The van der Waals surface area contributed by atoms with Crippen molar-refractivity contribution in [3.8, 4) is 0 Å². The van der Waals surface area contributed by atoms with Crippen LogP contribution in [0.1, 0.15) is 39.2 Å². The number of hydrogen-bond acceptors (Lipinski definition) is 5. The molecule has 1 fully saturated rings. The monoisotopic (exact) mass is 364 g/mol. The predicted molar refractivity (Wildman–Crippen MR) is 96.8 cm³/mol. The highest BCUT2D eigenvalue weighted by Crippen LogP contribution is 2.25. The molecule has 1 unspecified atom stereocenters. The summed E-state index contributed by atoms with van der Waals surface area (Å²) in [7, 11) is 0. The minimum absolute atomic E-state index is 0.354. The van der Waals surface area contributed by atoms with Gasteiger partial charge < -0.3 is 9.29 Å². The molecule has 1 aliphatic rings. The standard InChI is InChI=1S/C17H24N4O3S/c1-17(2,3)25(23)21(11-13-7-5-4-6-8-13)12-14-9-10-15(19-20-18)16(22)24-14/h4-8,14-15H,9-12H2,1-3H3/t14-,15+,25?/m0/s1. The summed E-state index contributed by atoms with van der Waals surface area (Å²) < 4.78 is 19.8. The van der Waals surface area contributed by atoms with Crippen molar-refractivity contribution in [3.63, 3.8) is 0 Å². The molecule has 0 aliphatic carbocycles. The van der Waals surface area contributed by atoms with Crippen molar-refractivity contribution < 1.29 is 14.1 Å². The molecule has 1 aromatic carbocycles. The molecule has 0 bridgehead atoms. The Morgan fingerprint density at radius 2 is 2.04 bits per heavy atom. The largest absolute Gasteiger partial charge is 0.597 e. The van der Waals surface area contributed by atoms with E-state index >= 15 is 0 Å². The van der Waals surface area contributed by atoms with E-state index in [9.17, 15) is 9.35 Å². The molecule has 1 aromatic rings. The maximum atomic E-state index is 12.9. The van der Waals surface area contributed by atoms with Crippen molar-refractivity contribution >= 4 is 17.3 Å². The number of carbonyl (C=O) groups is 1. The molecule has 1 saturated heterocycles. The summed E-state index contributed by atoms with van der Waals surface area (Å²) in [6.07, 6.45) is 0.685. The van der Waals surface area contributed by atoms with E-state index in [4.69, 9.17) is 10.3 Å². The Morgan fingerprint density at radius 3 is 2.60 bits per heavy atom. The van der Waals surface area contributed by atoms with Crippen LogP contribution in [0, 0.1) is 0 Å². The molecular weight excluding hydrogens is 340 g/mol. The van der Waals surface area contributed by atoms with Crippen molar-refractivity contribution in [2.24, 2.45) is 5.11 Å². The van der Waals surface area contributed by atoms with Crippen LogP contribution in [0.2, 0.25) is 0 Å². The quantitative estimate of drug-likeness (QED) is 0.254. The summed E-state index contributed by atoms with van der Waals surface area (Å²) in [5.41, 5.74) is 9.53. The third kappa shape index (κ3) is 5.64. The highest BCUT2D eigenvalue weighted by molar-refractivity contribution is 7.90. The van der Waals surface area contributed by atoms with Crippen molar-refractivity contribution in [1.29, 1.82) is 0 Å². The summed E-state index contributed by atoms with van der Waals surface area (Å²) in [5, 5.41) is 3.45. The van der Waals surface area contributed by atoms with Gasteiger partial charge in [-0.25, -0.2) is 0 Å². The molecule has 0 saturated carbocycles. The van der Waals surface area contributed by atoms with Gasteiger partial charge in [-0.2, -0.15) is 0 Å². The first-order valence-corrected chi connectivity index (χ1v) is 9.37. The van der Waals surface area contributed by atoms with E-state index in [1.165, 1.54) is 0 Å². The second-order valence-electron chi connectivity index (χ2n) is 7.03. The van der Waals surface area contributed by atoms with Gasteiger partial charge in [0.2, 0.25) is 0 Å². The number of carbonyl (C=O) groups excluding carboxylic acids is 1. The number of ether oxygens (including phenoxy) is 1. The van der Waals surface area contributed by atoms with Gasteiger partial charge in [-0.1, -0.05) is 35.4 Å². The first-order valence-electron chi connectivity index (χ1n) is 8.27. The van der Waals surface area contributed by atoms with E-state index in [1.807, 2.05) is 55.4 Å². The Morgan fingerprint density at radius 1 is 1.36 bits per heavy atom. The molecule has 0 aromatic heterocycles. The number of rotatable bonds is 6. The lowest BCUT2D eigenvalue weighted by Crippen LogP contribution is -2.48. The second kappa shape index (κ2) is 8.58. The lowest BCUT2D eigenvalue weighted by atomic mass is 10.0. The van der Waals surface area contributed by atoms with Crippen LogP contribution in [0.15, 0.2) is 35.4 Å². The number of benzene rings is 1. The van der Waals surface area contributed by atoms with E-state index in [2.05, 4.69) is 10.0 Å². The van der Waals surface area contributed by atoms with Crippen LogP contribution in [0.5, 0.6) is 0 Å². The van der Waals surface area contributed by atoms with E-state index in [-0.39, 0.29) is 6.10 Å². The summed E-state index contributed by atoms with van der Waals surface area (Å²) >= 11 is -1.24. The highest BCUT2D eigenvalue weighted by atomic mass is 32.2. The Kier molecular flexibility index (Phi) is 6.72. The molecular formula is C17H24N4O3S. The zero-order valence-electron chi connectivity index (χ0n) is 14.8. The smallest absolute Gasteiger partial charge is 0.315 e. The number of esters is 1. The normalized spacial score (nSPS) is 22.2. The van der Waals surface area contributed by atoms with Gasteiger partial charge in [-0.05, 0) is 44.7 Å². The van der Waals surface area contributed by atoms with Crippen LogP contribution in [-0.2, 0) is 27.4 Å². The second-order valence-corrected chi connectivity index (χ2v) is 9.27. The Balaban J connectivity index is 2.08. The third-order valence-electron chi connectivity index (χ3n) is 3.88. The molecule has 1 aliphatic heterocycles. The molecule has 7 nitrogen and oxygen atoms in total. The average Bonchev–Trinajstić information content (AvgIpc) is 2.56. The number of cyclic esters (lactones) is 1. The zero-order chi connectivity index (χ0) is 18.4. The predicted octanol–water partition coefficient (Wildman–Crippen LogP) is 3.34. The van der Waals surface area contributed by atoms with E-state index in [0.717, 1.165) is 5.56 Å². The molecule has 3 atom stereocenters. The van der Waals surface area contributed by atoms with Crippen LogP contribution in [0.3, 0.4) is 0 Å². The van der Waals surface area contributed by atoms with Crippen LogP contribution < -0.4 is 0 Å². The van der Waals surface area contributed by atoms with Crippen LogP contribution in [0.4, 0.5) is 0 Å². The molecule has 2 rings (SSSR count). The van der Waals surface area contributed by atoms with E-state index in [0.29, 0.717) is 25.9 Å². The van der Waals surface area contributed by atoms with E-state index < -0.39 is 28.1 Å². The van der Waals surface area contributed by atoms with Crippen molar-refractivity contribution in [1.82, 2.24) is 4.31 Å². The van der Waals surface area contributed by atoms with Gasteiger partial charge >= 0.3 is 5.97 Å². The highest BCUT2D eigenvalue weighted by Gasteiger charge is 2.37. The average molecular weight is 364 g/mol. The SMILES string of the molecule is CC(C)(C)[S+]([O-])N(Cc1ccccc1)C[C@@H]1CC[C@@H](N=[N+]=[N-])C(=O)O1. The fourth-order valence-corrected chi connectivity index (χ4v) is 3.99. The van der Waals surface area contributed by atoms with Gasteiger partial charge in [-0.3, -0.25) is 4.79 Å². The first kappa shape index (κ1) is 19.6. The molecule has 0 amide bonds. The first-order chi connectivity index (χ1) is 11.8. The lowest BCUT2D eigenvalue weighted by Gasteiger charge is -2.35. The topological polar surface area (TPSA) is 101 Å². The Labute approximate surface area is 151 Å². The third-order valence-corrected chi connectivity index (χ3v) is 5.67. The minimum Gasteiger partial charge on any atom is -0.597 e. The molecule has 0 spiro atoms. The zero-order valence-corrected chi connectivity index (χ0v) is 15.6. The molecule has 0 radical (unpaired) electrons. The lowest BCUT2D eigenvalue weighted by molar-refractivity contribution is -0.156. The molecule has 0 N–H and O–H groups in total. The van der Waals surface area contributed by atoms with Gasteiger partial charge in [0.15, 0.2) is 0 Å². The van der Waals surface area contributed by atoms with E-state index in [1.54, 1.807) is 0 Å². The van der Waals surface area contributed by atoms with Crippen molar-refractivity contribution in [2.45, 2.75) is 57.1 Å². The van der Waals surface area contributed by atoms with Crippen molar-refractivity contribution in [3.05, 3.63) is 46.3 Å². The van der Waals surface area contributed by atoms with Crippen molar-refractivity contribution in [2.75, 3.05) is 6.54 Å². The van der Waals surface area contributed by atoms with Crippen LogP contribution >= 0.6 is 0 Å². The summed E-state index contributed by atoms with van der Waals surface area (Å²) in [5.74, 6) is -0.504. The number of azide groups is 1. The van der Waals surface area contributed by atoms with Gasteiger partial charge in [0.25, 0.3) is 0 Å². The van der Waals surface area contributed by atoms with Gasteiger partial charge in [0.05, 0.1) is 13.1 Å². The maximum absolute atomic E-state index is 12.9. The van der Waals surface area contributed by atoms with Gasteiger partial charge in [0, 0.05) is 16.3 Å². The fourth-order valence-electron chi connectivity index (χ4n) is 2.65. The summed E-state index contributed by atoms with van der Waals surface area (Å²) in [6.45, 7) is 6.66. The summed E-state index contributed by atoms with van der Waals surface area (Å²) in [4.78, 5) is 14.6. The molecule has 1 heterocycles. The molecule has 25 heavy (non-hydrogen) atoms. The molecule has 8 heteroatoms.